The predicted octanol–water partition coefficient (Wildman–Crippen LogP) is 4.44. The maximum absolute atomic E-state index is 15.1. The van der Waals surface area contributed by atoms with E-state index >= 15 is 8.78 Å². The van der Waals surface area contributed by atoms with Crippen molar-refractivity contribution in [3.05, 3.63) is 74.5 Å². The van der Waals surface area contributed by atoms with Crippen LogP contribution < -0.4 is 30.4 Å². The lowest BCUT2D eigenvalue weighted by atomic mass is 10.0. The van der Waals surface area contributed by atoms with Gasteiger partial charge in [-0.3, -0.25) is 43.9 Å². The van der Waals surface area contributed by atoms with E-state index in [0.717, 1.165) is 21.6 Å². The number of halogens is 2. The molecule has 0 bridgehead atoms. The average molecular weight is 863 g/mol. The number of benzene rings is 2. The number of piperidine rings is 2. The first-order chi connectivity index (χ1) is 29.1. The number of alkyl halides is 2. The summed E-state index contributed by atoms with van der Waals surface area (Å²) in [5, 5.41) is 5.61. The number of methoxy groups -OCH3 is 2. The summed E-state index contributed by atoms with van der Waals surface area (Å²) in [5.41, 5.74) is 2.28. The van der Waals surface area contributed by atoms with E-state index in [4.69, 9.17) is 14.2 Å². The second-order valence-electron chi connectivity index (χ2n) is 15.9. The smallest absolute Gasteiger partial charge is 0.262 e. The minimum atomic E-state index is -3.01. The minimum Gasteiger partial charge on any atom is -0.496 e. The number of imide groups is 2. The molecule has 0 radical (unpaired) electrons. The Morgan fingerprint density at radius 1 is 0.951 bits per heavy atom. The minimum absolute atomic E-state index is 0.00233. The molecular weight excluding hydrogens is 815 g/mol. The number of nitrogens with one attached hydrogen (secondary N) is 2. The van der Waals surface area contributed by atoms with Crippen LogP contribution in [0.25, 0.3) is 21.2 Å². The van der Waals surface area contributed by atoms with Crippen LogP contribution in [0.4, 0.5) is 8.78 Å². The van der Waals surface area contributed by atoms with E-state index in [-0.39, 0.29) is 60.3 Å². The fourth-order valence-corrected chi connectivity index (χ4v) is 9.22. The predicted molar refractivity (Wildman–Crippen MR) is 223 cm³/mol. The Balaban J connectivity index is 0.908. The van der Waals surface area contributed by atoms with Gasteiger partial charge in [-0.05, 0) is 81.7 Å². The normalized spacial score (nSPS) is 17.6. The zero-order chi connectivity index (χ0) is 43.7. The first-order valence-corrected chi connectivity index (χ1v) is 20.8. The van der Waals surface area contributed by atoms with Gasteiger partial charge in [-0.2, -0.15) is 0 Å². The van der Waals surface area contributed by atoms with Gasteiger partial charge in [-0.15, -0.1) is 11.3 Å². The number of aromatic nitrogens is 1. The van der Waals surface area contributed by atoms with Crippen molar-refractivity contribution in [2.24, 2.45) is 7.05 Å². The third kappa shape index (κ3) is 9.16. The third-order valence-electron chi connectivity index (χ3n) is 11.2. The van der Waals surface area contributed by atoms with Crippen LogP contribution in [0.2, 0.25) is 0 Å². The average Bonchev–Trinajstić information content (AvgIpc) is 3.78. The molecule has 4 aromatic rings. The largest absolute Gasteiger partial charge is 0.496 e. The Morgan fingerprint density at radius 3 is 2.30 bits per heavy atom. The van der Waals surface area contributed by atoms with Crippen molar-refractivity contribution < 1.29 is 47.0 Å². The highest BCUT2D eigenvalue weighted by molar-refractivity contribution is 7.21. The molecule has 2 aromatic carbocycles. The Hall–Kier alpha value is -5.72. The molecule has 1 atom stereocenters. The molecule has 3 aliphatic heterocycles. The summed E-state index contributed by atoms with van der Waals surface area (Å²) in [6, 6.07) is 8.32. The lowest BCUT2D eigenvalue weighted by molar-refractivity contribution is -0.136. The van der Waals surface area contributed by atoms with Crippen LogP contribution in [-0.4, -0.2) is 121 Å². The molecule has 3 aliphatic rings. The summed E-state index contributed by atoms with van der Waals surface area (Å²) in [5.74, 6) is -4.37. The molecule has 18 heteroatoms. The first-order valence-electron chi connectivity index (χ1n) is 20.0. The van der Waals surface area contributed by atoms with Gasteiger partial charge in [0.1, 0.15) is 23.3 Å². The fourth-order valence-electron chi connectivity index (χ4n) is 8.14. The van der Waals surface area contributed by atoms with Gasteiger partial charge >= 0.3 is 0 Å². The summed E-state index contributed by atoms with van der Waals surface area (Å²) in [6.45, 7) is 0.799. The Labute approximate surface area is 354 Å². The van der Waals surface area contributed by atoms with Crippen molar-refractivity contribution in [2.75, 3.05) is 54.6 Å². The monoisotopic (exact) mass is 862 g/mol. The van der Waals surface area contributed by atoms with Gasteiger partial charge in [0.05, 0.1) is 54.3 Å². The van der Waals surface area contributed by atoms with Gasteiger partial charge in [0.25, 0.3) is 29.2 Å². The number of ether oxygens (including phenoxy) is 3. The topological polar surface area (TPSA) is 169 Å². The van der Waals surface area contributed by atoms with Crippen molar-refractivity contribution in [1.82, 2.24) is 29.9 Å². The lowest BCUT2D eigenvalue weighted by Gasteiger charge is -2.34. The van der Waals surface area contributed by atoms with Crippen molar-refractivity contribution >= 4 is 51.0 Å². The molecule has 2 aromatic heterocycles. The summed E-state index contributed by atoms with van der Waals surface area (Å²) in [7, 11) is 8.74. The Kier molecular flexibility index (Phi) is 12.6. The standard InChI is InChI=1S/C43H48F2N6O9S/c1-48(2)21-31-33(58-4)17-24(18-34(31)59-5)30-22-49(3)40(55)29-20-35(61-37(29)30)39(54)46-25-11-14-50(15-12-25)23-43(44,45)13-6-16-60-26-7-8-27-28(19-26)42(57)51(41(27)56)32-9-10-36(52)47-38(32)53/h7-8,17-20,22,25,32H,6,9-16,21,23H2,1-5H3,(H,46,54)(H,47,52,53). The molecule has 0 saturated carbocycles. The summed E-state index contributed by atoms with van der Waals surface area (Å²) >= 11 is 1.22. The number of nitrogens with zero attached hydrogens (tertiary/aromatic N) is 4. The van der Waals surface area contributed by atoms with E-state index in [0.29, 0.717) is 58.9 Å². The van der Waals surface area contributed by atoms with Crippen molar-refractivity contribution in [1.29, 1.82) is 0 Å². The molecule has 2 N–H and O–H groups in total. The van der Waals surface area contributed by atoms with Gasteiger partial charge < -0.3 is 29.0 Å². The van der Waals surface area contributed by atoms with Crippen molar-refractivity contribution in [3.63, 3.8) is 0 Å². The van der Waals surface area contributed by atoms with Crippen LogP contribution in [0, 0.1) is 0 Å². The molecule has 324 valence electrons. The van der Waals surface area contributed by atoms with E-state index in [1.807, 2.05) is 31.1 Å². The Morgan fingerprint density at radius 2 is 1.64 bits per heavy atom. The number of rotatable bonds is 15. The maximum atomic E-state index is 15.1. The number of hydrogen-bond donors (Lipinski definition) is 2. The lowest BCUT2D eigenvalue weighted by Crippen LogP contribution is -2.54. The van der Waals surface area contributed by atoms with Crippen LogP contribution in [0.1, 0.15) is 74.5 Å². The second-order valence-corrected chi connectivity index (χ2v) is 16.9. The Bertz CT molecular complexity index is 2430. The van der Waals surface area contributed by atoms with E-state index in [1.165, 1.54) is 34.1 Å². The number of carbonyl (C=O) groups is 5. The van der Waals surface area contributed by atoms with E-state index in [2.05, 4.69) is 10.6 Å². The van der Waals surface area contributed by atoms with Crippen molar-refractivity contribution in [2.45, 2.75) is 63.1 Å². The highest BCUT2D eigenvalue weighted by Gasteiger charge is 2.45. The van der Waals surface area contributed by atoms with Crippen LogP contribution in [0.15, 0.2) is 47.4 Å². The van der Waals surface area contributed by atoms with Crippen LogP contribution in [0.5, 0.6) is 17.2 Å². The quantitative estimate of drug-likeness (QED) is 0.128. The molecule has 2 fully saturated rings. The number of pyridine rings is 1. The van der Waals surface area contributed by atoms with E-state index in [1.54, 1.807) is 38.4 Å². The number of carbonyl (C=O) groups excluding carboxylic acids is 5. The molecule has 1 unspecified atom stereocenters. The van der Waals surface area contributed by atoms with Gasteiger partial charge in [0, 0.05) is 62.0 Å². The van der Waals surface area contributed by atoms with Gasteiger partial charge in [0.15, 0.2) is 0 Å². The number of hydrogen-bond acceptors (Lipinski definition) is 12. The summed E-state index contributed by atoms with van der Waals surface area (Å²) in [6.07, 6.45) is 2.30. The number of likely N-dealkylation sites (tertiary alicyclic amines) is 1. The van der Waals surface area contributed by atoms with E-state index in [9.17, 15) is 28.8 Å². The van der Waals surface area contributed by atoms with Gasteiger partial charge in [0.2, 0.25) is 11.8 Å². The number of aryl methyl sites for hydroxylation is 1. The molecule has 0 spiro atoms. The number of fused-ring (bicyclic) bond motifs is 2. The van der Waals surface area contributed by atoms with Crippen LogP contribution >= 0.6 is 11.3 Å². The van der Waals surface area contributed by atoms with Crippen molar-refractivity contribution in [3.8, 4) is 28.4 Å². The SMILES string of the molecule is COc1cc(-c2cn(C)c(=O)c3cc(C(=O)NC4CCN(CC(F)(F)CCCOc5ccc6c(c5)C(=O)N(C5CCC(=O)NC5=O)C6=O)CC4)sc23)cc(OC)c1CN(C)C. The molecule has 7 rings (SSSR count). The molecule has 15 nitrogen and oxygen atoms in total. The molecular formula is C43H48F2N6O9S. The zero-order valence-corrected chi connectivity index (χ0v) is 35.4. The third-order valence-corrected chi connectivity index (χ3v) is 12.4. The molecule has 61 heavy (non-hydrogen) atoms. The zero-order valence-electron chi connectivity index (χ0n) is 34.6. The number of thiophene rings is 1. The second kappa shape index (κ2) is 17.7. The summed E-state index contributed by atoms with van der Waals surface area (Å²) in [4.78, 5) is 81.6. The number of amides is 5. The maximum Gasteiger partial charge on any atom is 0.262 e. The first kappa shape index (κ1) is 43.4. The van der Waals surface area contributed by atoms with Crippen LogP contribution in [0.3, 0.4) is 0 Å². The molecule has 5 heterocycles. The molecule has 2 saturated heterocycles. The van der Waals surface area contributed by atoms with E-state index < -0.39 is 48.6 Å². The fraction of sp³-hybridized carbons (Fsp3) is 0.442. The summed E-state index contributed by atoms with van der Waals surface area (Å²) < 4.78 is 49.6. The van der Waals surface area contributed by atoms with Gasteiger partial charge in [-0.1, -0.05) is 0 Å². The van der Waals surface area contributed by atoms with Gasteiger partial charge in [-0.25, -0.2) is 8.78 Å². The molecule has 5 amide bonds. The van der Waals surface area contributed by atoms with Crippen LogP contribution in [-0.2, 0) is 23.2 Å². The highest BCUT2D eigenvalue weighted by Crippen LogP contribution is 2.40. The highest BCUT2D eigenvalue weighted by atomic mass is 32.1. The molecule has 0 aliphatic carbocycles.